The summed E-state index contributed by atoms with van der Waals surface area (Å²) < 4.78 is 11.8. The molecule has 0 aliphatic rings. The number of nitrogens with one attached hydrogen (secondary N) is 1. The highest BCUT2D eigenvalue weighted by Gasteiger charge is 2.13. The zero-order valence-electron chi connectivity index (χ0n) is 24.5. The first-order valence-corrected chi connectivity index (χ1v) is 15.0. The monoisotopic (exact) mass is 610 g/mol. The highest BCUT2D eigenvalue weighted by molar-refractivity contribution is 6.30. The normalized spacial score (nSPS) is 11.3. The van der Waals surface area contributed by atoms with Crippen LogP contribution in [0.3, 0.4) is 0 Å². The maximum atomic E-state index is 6.13. The molecule has 6 rings (SSSR count). The first kappa shape index (κ1) is 29.6. The summed E-state index contributed by atoms with van der Waals surface area (Å²) in [6.45, 7) is 1.04. The van der Waals surface area contributed by atoms with Crippen LogP contribution in [0.4, 0.5) is 11.6 Å². The van der Waals surface area contributed by atoms with Gasteiger partial charge in [-0.1, -0.05) is 84.4 Å². The number of aliphatic imine (C=N–C) groups is 2. The fraction of sp³-hybridized carbons (Fsp3) is 0.0789. The van der Waals surface area contributed by atoms with E-state index in [4.69, 9.17) is 31.1 Å². The Morgan fingerprint density at radius 2 is 1.09 bits per heavy atom. The zero-order chi connectivity index (χ0) is 30.7. The lowest BCUT2D eigenvalue weighted by molar-refractivity contribution is 0.306. The van der Waals surface area contributed by atoms with E-state index in [0.29, 0.717) is 36.3 Å². The molecule has 0 saturated heterocycles. The van der Waals surface area contributed by atoms with Crippen molar-refractivity contribution in [2.75, 3.05) is 0 Å². The van der Waals surface area contributed by atoms with Crippen LogP contribution in [0.1, 0.15) is 33.4 Å². The molecule has 0 radical (unpaired) electrons. The van der Waals surface area contributed by atoms with Crippen molar-refractivity contribution in [1.82, 2.24) is 10.2 Å². The third-order valence-corrected chi connectivity index (χ3v) is 7.31. The summed E-state index contributed by atoms with van der Waals surface area (Å²) in [6, 6.07) is 43.6. The van der Waals surface area contributed by atoms with Gasteiger partial charge in [0.1, 0.15) is 24.7 Å². The summed E-state index contributed by atoms with van der Waals surface area (Å²) in [6.07, 6.45) is 4.19. The molecule has 0 spiro atoms. The minimum atomic E-state index is 0.519. The lowest BCUT2D eigenvalue weighted by Gasteiger charge is -2.06. The van der Waals surface area contributed by atoms with Crippen molar-refractivity contribution in [3.8, 4) is 11.5 Å². The molecule has 0 aliphatic carbocycles. The molecule has 0 unspecified atom stereocenters. The molecule has 6 aromatic rings. The van der Waals surface area contributed by atoms with Crippen molar-refractivity contribution in [2.45, 2.75) is 19.6 Å². The van der Waals surface area contributed by atoms with Crippen molar-refractivity contribution < 1.29 is 9.47 Å². The number of benzene rings is 5. The molecule has 1 heterocycles. The Labute approximate surface area is 267 Å². The first-order chi connectivity index (χ1) is 22.2. The van der Waals surface area contributed by atoms with E-state index in [9.17, 15) is 0 Å². The molecule has 1 aromatic heterocycles. The molecule has 0 aliphatic heterocycles. The van der Waals surface area contributed by atoms with Gasteiger partial charge in [0.05, 0.1) is 0 Å². The topological polar surface area (TPSA) is 71.9 Å². The second-order valence-electron chi connectivity index (χ2n) is 10.4. The van der Waals surface area contributed by atoms with Gasteiger partial charge in [0.15, 0.2) is 11.6 Å². The minimum Gasteiger partial charge on any atom is -0.489 e. The fourth-order valence-corrected chi connectivity index (χ4v) is 4.71. The van der Waals surface area contributed by atoms with Crippen LogP contribution in [0.5, 0.6) is 11.5 Å². The maximum absolute atomic E-state index is 6.13. The van der Waals surface area contributed by atoms with Gasteiger partial charge in [-0.05, 0) is 88.5 Å². The number of aromatic amines is 1. The lowest BCUT2D eigenvalue weighted by Crippen LogP contribution is -1.95. The number of hydrogen-bond donors (Lipinski definition) is 1. The quantitative estimate of drug-likeness (QED) is 0.140. The van der Waals surface area contributed by atoms with E-state index in [1.165, 1.54) is 0 Å². The standard InChI is InChI=1S/C38H31ClN4O2/c39-33-17-11-28(12-18-33)23-36-37(40-24-29-13-19-34(20-14-29)44-26-31-7-3-1-4-8-31)42-43-38(36)41-25-30-15-21-35(22-16-30)45-27-32-9-5-2-6-10-32/h1-22,24-25H,23,26-27H2,(H,42,43). The number of hydrogen-bond acceptors (Lipinski definition) is 5. The van der Waals surface area contributed by atoms with Gasteiger partial charge >= 0.3 is 0 Å². The Bertz CT molecular complexity index is 1740. The number of H-pyrrole nitrogens is 1. The molecule has 0 bridgehead atoms. The number of ether oxygens (including phenoxy) is 2. The largest absolute Gasteiger partial charge is 0.489 e. The number of halogens is 1. The van der Waals surface area contributed by atoms with E-state index >= 15 is 0 Å². The van der Waals surface area contributed by atoms with Crippen molar-refractivity contribution in [2.24, 2.45) is 9.98 Å². The minimum absolute atomic E-state index is 0.519. The van der Waals surface area contributed by atoms with Gasteiger partial charge in [-0.3, -0.25) is 5.10 Å². The Morgan fingerprint density at radius 1 is 0.578 bits per heavy atom. The van der Waals surface area contributed by atoms with Crippen LogP contribution in [0, 0.1) is 0 Å². The van der Waals surface area contributed by atoms with E-state index in [-0.39, 0.29) is 0 Å². The summed E-state index contributed by atoms with van der Waals surface area (Å²) in [7, 11) is 0. The van der Waals surface area contributed by atoms with Crippen molar-refractivity contribution in [3.05, 3.63) is 172 Å². The SMILES string of the molecule is Clc1ccc(Cc2c(N=Cc3ccc(OCc4ccccc4)cc3)n[nH]c2N=Cc2ccc(OCc3ccccc3)cc2)cc1. The number of aromatic nitrogens is 2. The van der Waals surface area contributed by atoms with Gasteiger partial charge in [0, 0.05) is 29.4 Å². The molecule has 1 N–H and O–H groups in total. The third kappa shape index (κ3) is 8.56. The summed E-state index contributed by atoms with van der Waals surface area (Å²) in [5.41, 5.74) is 6.08. The van der Waals surface area contributed by atoms with E-state index in [0.717, 1.165) is 44.9 Å². The van der Waals surface area contributed by atoms with Crippen molar-refractivity contribution in [1.29, 1.82) is 0 Å². The molecule has 6 nitrogen and oxygen atoms in total. The second kappa shape index (κ2) is 14.8. The highest BCUT2D eigenvalue weighted by Crippen LogP contribution is 2.29. The molecule has 0 atom stereocenters. The van der Waals surface area contributed by atoms with Gasteiger partial charge in [0.2, 0.25) is 0 Å². The summed E-state index contributed by atoms with van der Waals surface area (Å²) >= 11 is 6.13. The van der Waals surface area contributed by atoms with Crippen LogP contribution in [0.2, 0.25) is 5.02 Å². The molecule has 222 valence electrons. The molecule has 0 fully saturated rings. The molecule has 0 saturated carbocycles. The van der Waals surface area contributed by atoms with Crippen LogP contribution in [0.25, 0.3) is 0 Å². The van der Waals surface area contributed by atoms with Crippen LogP contribution in [0.15, 0.2) is 143 Å². The molecular weight excluding hydrogens is 580 g/mol. The summed E-state index contributed by atoms with van der Waals surface area (Å²) in [5, 5.41) is 8.26. The average molecular weight is 611 g/mol. The molecular formula is C38H31ClN4O2. The van der Waals surface area contributed by atoms with E-state index in [1.807, 2.05) is 140 Å². The van der Waals surface area contributed by atoms with Gasteiger partial charge in [-0.15, -0.1) is 0 Å². The van der Waals surface area contributed by atoms with Gasteiger partial charge in [-0.25, -0.2) is 9.98 Å². The van der Waals surface area contributed by atoms with E-state index in [1.54, 1.807) is 6.21 Å². The lowest BCUT2D eigenvalue weighted by atomic mass is 10.1. The average Bonchev–Trinajstić information content (AvgIpc) is 3.48. The number of nitrogens with zero attached hydrogens (tertiary/aromatic N) is 3. The van der Waals surface area contributed by atoms with Crippen molar-refractivity contribution in [3.63, 3.8) is 0 Å². The predicted molar refractivity (Wildman–Crippen MR) is 182 cm³/mol. The maximum Gasteiger partial charge on any atom is 0.179 e. The Morgan fingerprint density at radius 3 is 1.62 bits per heavy atom. The molecule has 0 amide bonds. The highest BCUT2D eigenvalue weighted by atomic mass is 35.5. The van der Waals surface area contributed by atoms with Gasteiger partial charge in [-0.2, -0.15) is 5.10 Å². The van der Waals surface area contributed by atoms with Gasteiger partial charge in [0.25, 0.3) is 0 Å². The van der Waals surface area contributed by atoms with Gasteiger partial charge < -0.3 is 9.47 Å². The van der Waals surface area contributed by atoms with Crippen LogP contribution in [-0.2, 0) is 19.6 Å². The Hall–Kier alpha value is -5.46. The van der Waals surface area contributed by atoms with E-state index in [2.05, 4.69) is 10.2 Å². The zero-order valence-corrected chi connectivity index (χ0v) is 25.3. The molecule has 7 heteroatoms. The molecule has 45 heavy (non-hydrogen) atoms. The summed E-state index contributed by atoms with van der Waals surface area (Å²) in [4.78, 5) is 9.47. The second-order valence-corrected chi connectivity index (χ2v) is 10.8. The first-order valence-electron chi connectivity index (χ1n) is 14.6. The summed E-state index contributed by atoms with van der Waals surface area (Å²) in [5.74, 6) is 2.82. The van der Waals surface area contributed by atoms with Crippen LogP contribution < -0.4 is 9.47 Å². The molecule has 5 aromatic carbocycles. The predicted octanol–water partition coefficient (Wildman–Crippen LogP) is 9.31. The van der Waals surface area contributed by atoms with Crippen molar-refractivity contribution >= 4 is 35.7 Å². The number of rotatable bonds is 12. The Kier molecular flexibility index (Phi) is 9.75. The third-order valence-electron chi connectivity index (χ3n) is 7.05. The van der Waals surface area contributed by atoms with Crippen LogP contribution in [-0.4, -0.2) is 22.6 Å². The smallest absolute Gasteiger partial charge is 0.179 e. The Balaban J connectivity index is 1.15. The van der Waals surface area contributed by atoms with E-state index < -0.39 is 0 Å². The fourth-order valence-electron chi connectivity index (χ4n) is 4.59. The van der Waals surface area contributed by atoms with Crippen LogP contribution >= 0.6 is 11.6 Å².